The summed E-state index contributed by atoms with van der Waals surface area (Å²) in [6, 6.07) is 20.0. The highest BCUT2D eigenvalue weighted by atomic mass is 16.5. The molecule has 0 amide bonds. The first-order valence-corrected chi connectivity index (χ1v) is 10.5. The van der Waals surface area contributed by atoms with E-state index in [4.69, 9.17) is 18.7 Å². The molecule has 0 aliphatic rings. The second kappa shape index (κ2) is 8.74. The van der Waals surface area contributed by atoms with Crippen LogP contribution in [0.4, 0.5) is 0 Å². The molecule has 0 N–H and O–H groups in total. The number of hydrogen-bond acceptors (Lipinski definition) is 7. The summed E-state index contributed by atoms with van der Waals surface area (Å²) in [5.74, 6) is 2.52. The van der Waals surface area contributed by atoms with Crippen molar-refractivity contribution in [2.24, 2.45) is 0 Å². The summed E-state index contributed by atoms with van der Waals surface area (Å²) in [6.45, 7) is 0. The van der Waals surface area contributed by atoms with E-state index in [1.54, 1.807) is 62.4 Å². The molecule has 170 valence electrons. The van der Waals surface area contributed by atoms with Crippen molar-refractivity contribution in [3.8, 4) is 45.8 Å². The Labute approximate surface area is 194 Å². The van der Waals surface area contributed by atoms with Crippen LogP contribution in [0.3, 0.4) is 0 Å². The van der Waals surface area contributed by atoms with Crippen LogP contribution in [0.5, 0.6) is 17.2 Å². The lowest BCUT2D eigenvalue weighted by molar-refractivity contribution is 0.394. The van der Waals surface area contributed by atoms with E-state index in [0.29, 0.717) is 50.7 Å². The molecule has 0 fully saturated rings. The van der Waals surface area contributed by atoms with Crippen molar-refractivity contribution in [2.45, 2.75) is 0 Å². The van der Waals surface area contributed by atoms with E-state index < -0.39 is 0 Å². The number of rotatable bonds is 6. The highest BCUT2D eigenvalue weighted by molar-refractivity contribution is 5.94. The summed E-state index contributed by atoms with van der Waals surface area (Å²) in [6.07, 6.45) is 1.71. The second-order valence-electron chi connectivity index (χ2n) is 7.49. The average molecular weight is 455 g/mol. The summed E-state index contributed by atoms with van der Waals surface area (Å²) in [5, 5.41) is 5.41. The molecule has 8 nitrogen and oxygen atoms in total. The number of aromatic nitrogens is 3. The van der Waals surface area contributed by atoms with Crippen LogP contribution in [-0.4, -0.2) is 36.0 Å². The Kier molecular flexibility index (Phi) is 5.47. The first-order valence-electron chi connectivity index (χ1n) is 10.5. The van der Waals surface area contributed by atoms with E-state index in [-0.39, 0.29) is 11.4 Å². The zero-order valence-electron chi connectivity index (χ0n) is 18.8. The smallest absolute Gasteiger partial charge is 0.262 e. The fourth-order valence-corrected chi connectivity index (χ4v) is 3.80. The van der Waals surface area contributed by atoms with Gasteiger partial charge >= 0.3 is 0 Å². The zero-order valence-corrected chi connectivity index (χ0v) is 18.8. The van der Waals surface area contributed by atoms with Crippen molar-refractivity contribution < 1.29 is 18.7 Å². The molecule has 2 aromatic heterocycles. The number of fused-ring (bicyclic) bond motifs is 1. The minimum absolute atomic E-state index is 0.162. The molecule has 5 aromatic rings. The lowest BCUT2D eigenvalue weighted by Crippen LogP contribution is -2.18. The molecule has 3 aromatic carbocycles. The SMILES string of the molecule is COc1cc(OC)cc(-c2noc(-c3cn(-c4cccc(OC)c4)c(=O)c4ccccc34)n2)c1. The molecule has 2 heterocycles. The summed E-state index contributed by atoms with van der Waals surface area (Å²) in [5.41, 5.74) is 1.81. The average Bonchev–Trinajstić information content (AvgIpc) is 3.39. The molecule has 0 unspecified atom stereocenters. The predicted octanol–water partition coefficient (Wildman–Crippen LogP) is 4.73. The number of methoxy groups -OCH3 is 3. The molecular formula is C26H21N3O5. The van der Waals surface area contributed by atoms with Crippen LogP contribution < -0.4 is 19.8 Å². The topological polar surface area (TPSA) is 88.6 Å². The van der Waals surface area contributed by atoms with Gasteiger partial charge in [-0.05, 0) is 30.3 Å². The Hall–Kier alpha value is -4.59. The van der Waals surface area contributed by atoms with Crippen molar-refractivity contribution in [1.82, 2.24) is 14.7 Å². The molecule has 0 bridgehead atoms. The van der Waals surface area contributed by atoms with Gasteiger partial charge in [-0.3, -0.25) is 9.36 Å². The van der Waals surface area contributed by atoms with E-state index in [9.17, 15) is 4.79 Å². The van der Waals surface area contributed by atoms with Gasteiger partial charge in [0.25, 0.3) is 11.4 Å². The van der Waals surface area contributed by atoms with Crippen LogP contribution in [0.15, 0.2) is 82.2 Å². The van der Waals surface area contributed by atoms with E-state index in [2.05, 4.69) is 10.1 Å². The van der Waals surface area contributed by atoms with Gasteiger partial charge in [-0.1, -0.05) is 29.4 Å². The molecule has 0 aliphatic heterocycles. The summed E-state index contributed by atoms with van der Waals surface area (Å²) in [4.78, 5) is 17.9. The summed E-state index contributed by atoms with van der Waals surface area (Å²) >= 11 is 0. The standard InChI is InChI=1S/C26H21N3O5/c1-31-18-8-6-7-17(13-18)29-15-23(21-9-4-5-10-22(21)26(29)30)25-27-24(28-34-25)16-11-19(32-2)14-20(12-16)33-3/h4-15H,1-3H3. The van der Waals surface area contributed by atoms with E-state index in [1.807, 2.05) is 36.4 Å². The maximum Gasteiger partial charge on any atom is 0.262 e. The molecule has 0 spiro atoms. The maximum absolute atomic E-state index is 13.3. The zero-order chi connectivity index (χ0) is 23.7. The summed E-state index contributed by atoms with van der Waals surface area (Å²) < 4.78 is 23.2. The molecule has 34 heavy (non-hydrogen) atoms. The normalized spacial score (nSPS) is 10.9. The minimum Gasteiger partial charge on any atom is -0.497 e. The van der Waals surface area contributed by atoms with Gasteiger partial charge in [0.2, 0.25) is 5.82 Å². The number of pyridine rings is 1. The van der Waals surface area contributed by atoms with E-state index in [1.165, 1.54) is 0 Å². The quantitative estimate of drug-likeness (QED) is 0.366. The minimum atomic E-state index is -0.162. The Bertz CT molecular complexity index is 1530. The van der Waals surface area contributed by atoms with Crippen molar-refractivity contribution in [3.05, 3.63) is 83.3 Å². The highest BCUT2D eigenvalue weighted by Gasteiger charge is 2.18. The Morgan fingerprint density at radius 1 is 0.794 bits per heavy atom. The second-order valence-corrected chi connectivity index (χ2v) is 7.49. The van der Waals surface area contributed by atoms with Gasteiger partial charge in [0.1, 0.15) is 17.2 Å². The predicted molar refractivity (Wildman–Crippen MR) is 128 cm³/mol. The van der Waals surface area contributed by atoms with Gasteiger partial charge in [-0.2, -0.15) is 4.98 Å². The number of ether oxygens (including phenoxy) is 3. The van der Waals surface area contributed by atoms with Gasteiger partial charge in [-0.25, -0.2) is 0 Å². The fourth-order valence-electron chi connectivity index (χ4n) is 3.80. The van der Waals surface area contributed by atoms with E-state index in [0.717, 1.165) is 0 Å². The summed E-state index contributed by atoms with van der Waals surface area (Å²) in [7, 11) is 4.74. The molecule has 0 aliphatic carbocycles. The lowest BCUT2D eigenvalue weighted by Gasteiger charge is -2.11. The van der Waals surface area contributed by atoms with E-state index >= 15 is 0 Å². The van der Waals surface area contributed by atoms with Gasteiger partial charge < -0.3 is 18.7 Å². The third-order valence-electron chi connectivity index (χ3n) is 5.52. The lowest BCUT2D eigenvalue weighted by atomic mass is 10.1. The largest absolute Gasteiger partial charge is 0.497 e. The Morgan fingerprint density at radius 2 is 1.50 bits per heavy atom. The van der Waals surface area contributed by atoms with Crippen LogP contribution in [0.2, 0.25) is 0 Å². The monoisotopic (exact) mass is 455 g/mol. The third-order valence-corrected chi connectivity index (χ3v) is 5.52. The highest BCUT2D eigenvalue weighted by Crippen LogP contribution is 2.32. The van der Waals surface area contributed by atoms with Crippen molar-refractivity contribution in [3.63, 3.8) is 0 Å². The first-order chi connectivity index (χ1) is 16.6. The van der Waals surface area contributed by atoms with Gasteiger partial charge in [0.15, 0.2) is 0 Å². The van der Waals surface area contributed by atoms with Crippen LogP contribution >= 0.6 is 0 Å². The van der Waals surface area contributed by atoms with Crippen molar-refractivity contribution in [2.75, 3.05) is 21.3 Å². The molecule has 8 heteroatoms. The van der Waals surface area contributed by atoms with Crippen molar-refractivity contribution >= 4 is 10.8 Å². The molecule has 0 saturated carbocycles. The van der Waals surface area contributed by atoms with Crippen molar-refractivity contribution in [1.29, 1.82) is 0 Å². The van der Waals surface area contributed by atoms with Gasteiger partial charge in [-0.15, -0.1) is 0 Å². The maximum atomic E-state index is 13.3. The van der Waals surface area contributed by atoms with Crippen LogP contribution in [0, 0.1) is 0 Å². The third kappa shape index (κ3) is 3.75. The first kappa shape index (κ1) is 21.3. The molecule has 5 rings (SSSR count). The number of nitrogens with zero attached hydrogens (tertiary/aromatic N) is 3. The van der Waals surface area contributed by atoms with Crippen LogP contribution in [0.1, 0.15) is 0 Å². The van der Waals surface area contributed by atoms with Crippen LogP contribution in [-0.2, 0) is 0 Å². The fraction of sp³-hybridized carbons (Fsp3) is 0.115. The molecule has 0 atom stereocenters. The molecular weight excluding hydrogens is 434 g/mol. The molecule has 0 saturated heterocycles. The number of hydrogen-bond donors (Lipinski definition) is 0. The Balaban J connectivity index is 1.69. The van der Waals surface area contributed by atoms with Gasteiger partial charge in [0, 0.05) is 34.7 Å². The Morgan fingerprint density at radius 3 is 2.21 bits per heavy atom. The molecule has 0 radical (unpaired) electrons. The van der Waals surface area contributed by atoms with Gasteiger partial charge in [0.05, 0.1) is 32.6 Å². The van der Waals surface area contributed by atoms with Crippen LogP contribution in [0.25, 0.3) is 39.3 Å². The number of benzene rings is 3.